The van der Waals surface area contributed by atoms with Gasteiger partial charge in [-0.1, -0.05) is 18.7 Å². The second-order valence-electron chi connectivity index (χ2n) is 4.74. The molecule has 0 spiro atoms. The molecule has 2 rings (SSSR count). The Hall–Kier alpha value is -3.02. The van der Waals surface area contributed by atoms with Gasteiger partial charge in [-0.05, 0) is 29.8 Å². The quantitative estimate of drug-likeness (QED) is 0.456. The lowest BCUT2D eigenvalue weighted by molar-refractivity contribution is -0.384. The van der Waals surface area contributed by atoms with Crippen LogP contribution in [0, 0.1) is 10.1 Å². The molecule has 0 saturated carbocycles. The van der Waals surface area contributed by atoms with E-state index in [4.69, 9.17) is 9.47 Å². The van der Waals surface area contributed by atoms with Crippen molar-refractivity contribution in [1.82, 2.24) is 0 Å². The summed E-state index contributed by atoms with van der Waals surface area (Å²) in [5.74, 6) is 1.31. The standard InChI is InChI=1S/C17H18N2O4/c1-3-10-23-16-9-4-13(11-17(16)22-2)12-18-14-5-7-15(8-6-14)19(20)21/h3-9,11,18H,1,10,12H2,2H3. The Kier molecular flexibility index (Phi) is 5.57. The van der Waals surface area contributed by atoms with Gasteiger partial charge in [0.15, 0.2) is 11.5 Å². The minimum Gasteiger partial charge on any atom is -0.493 e. The number of anilines is 1. The first-order chi connectivity index (χ1) is 11.1. The molecular weight excluding hydrogens is 296 g/mol. The van der Waals surface area contributed by atoms with Crippen LogP contribution in [0.4, 0.5) is 11.4 Å². The normalized spacial score (nSPS) is 9.96. The first kappa shape index (κ1) is 16.4. The first-order valence-corrected chi connectivity index (χ1v) is 7.03. The molecule has 6 heteroatoms. The number of nitrogens with zero attached hydrogens (tertiary/aromatic N) is 1. The summed E-state index contributed by atoms with van der Waals surface area (Å²) in [7, 11) is 1.59. The zero-order valence-corrected chi connectivity index (χ0v) is 12.8. The molecule has 0 unspecified atom stereocenters. The summed E-state index contributed by atoms with van der Waals surface area (Å²) < 4.78 is 10.8. The summed E-state index contributed by atoms with van der Waals surface area (Å²) in [5, 5.41) is 13.8. The van der Waals surface area contributed by atoms with E-state index in [-0.39, 0.29) is 5.69 Å². The fourth-order valence-corrected chi connectivity index (χ4v) is 2.00. The summed E-state index contributed by atoms with van der Waals surface area (Å²) in [6.07, 6.45) is 1.67. The third kappa shape index (κ3) is 4.47. The predicted octanol–water partition coefficient (Wildman–Crippen LogP) is 3.78. The maximum atomic E-state index is 10.6. The highest BCUT2D eigenvalue weighted by Gasteiger charge is 2.06. The van der Waals surface area contributed by atoms with E-state index in [9.17, 15) is 10.1 Å². The molecule has 0 aliphatic rings. The van der Waals surface area contributed by atoms with E-state index in [0.29, 0.717) is 24.7 Å². The Labute approximate surface area is 134 Å². The summed E-state index contributed by atoms with van der Waals surface area (Å²) in [6.45, 7) is 4.59. The van der Waals surface area contributed by atoms with Crippen LogP contribution < -0.4 is 14.8 Å². The van der Waals surface area contributed by atoms with E-state index < -0.39 is 4.92 Å². The summed E-state index contributed by atoms with van der Waals surface area (Å²) in [6, 6.07) is 11.9. The number of methoxy groups -OCH3 is 1. The number of nitrogens with one attached hydrogen (secondary N) is 1. The van der Waals surface area contributed by atoms with Gasteiger partial charge >= 0.3 is 0 Å². The number of benzene rings is 2. The number of hydrogen-bond donors (Lipinski definition) is 1. The number of non-ortho nitro benzene ring substituents is 1. The molecule has 0 amide bonds. The van der Waals surface area contributed by atoms with Crippen LogP contribution >= 0.6 is 0 Å². The van der Waals surface area contributed by atoms with Gasteiger partial charge in [-0.3, -0.25) is 10.1 Å². The van der Waals surface area contributed by atoms with E-state index in [0.717, 1.165) is 11.3 Å². The van der Waals surface area contributed by atoms with Crippen LogP contribution in [-0.2, 0) is 6.54 Å². The van der Waals surface area contributed by atoms with Crippen molar-refractivity contribution in [3.05, 3.63) is 70.8 Å². The Bertz CT molecular complexity index is 683. The molecule has 0 saturated heterocycles. The van der Waals surface area contributed by atoms with Crippen LogP contribution in [-0.4, -0.2) is 18.6 Å². The van der Waals surface area contributed by atoms with Crippen molar-refractivity contribution in [3.63, 3.8) is 0 Å². The van der Waals surface area contributed by atoms with E-state index in [1.165, 1.54) is 12.1 Å². The molecule has 0 bridgehead atoms. The number of nitro benzene ring substituents is 1. The largest absolute Gasteiger partial charge is 0.493 e. The third-order valence-electron chi connectivity index (χ3n) is 3.16. The van der Waals surface area contributed by atoms with Gasteiger partial charge in [0.2, 0.25) is 0 Å². The second kappa shape index (κ2) is 7.84. The average molecular weight is 314 g/mol. The Balaban J connectivity index is 2.02. The highest BCUT2D eigenvalue weighted by atomic mass is 16.6. The molecule has 23 heavy (non-hydrogen) atoms. The fourth-order valence-electron chi connectivity index (χ4n) is 2.00. The molecule has 0 heterocycles. The Morgan fingerprint density at radius 1 is 1.22 bits per heavy atom. The van der Waals surface area contributed by atoms with Crippen molar-refractivity contribution in [3.8, 4) is 11.5 Å². The molecule has 2 aromatic rings. The monoisotopic (exact) mass is 314 g/mol. The van der Waals surface area contributed by atoms with Gasteiger partial charge in [-0.15, -0.1) is 0 Å². The second-order valence-corrected chi connectivity index (χ2v) is 4.74. The van der Waals surface area contributed by atoms with Crippen molar-refractivity contribution in [2.75, 3.05) is 19.0 Å². The lowest BCUT2D eigenvalue weighted by Crippen LogP contribution is -2.01. The van der Waals surface area contributed by atoms with Crippen molar-refractivity contribution in [2.24, 2.45) is 0 Å². The van der Waals surface area contributed by atoms with Crippen LogP contribution in [0.5, 0.6) is 11.5 Å². The van der Waals surface area contributed by atoms with Crippen molar-refractivity contribution in [2.45, 2.75) is 6.54 Å². The maximum Gasteiger partial charge on any atom is 0.269 e. The van der Waals surface area contributed by atoms with Crippen LogP contribution in [0.15, 0.2) is 55.1 Å². The lowest BCUT2D eigenvalue weighted by atomic mass is 10.2. The SMILES string of the molecule is C=CCOc1ccc(CNc2ccc([N+](=O)[O-])cc2)cc1OC. The summed E-state index contributed by atoms with van der Waals surface area (Å²) >= 11 is 0. The van der Waals surface area contributed by atoms with Crippen LogP contribution in [0.3, 0.4) is 0 Å². The van der Waals surface area contributed by atoms with Gasteiger partial charge in [-0.25, -0.2) is 0 Å². The molecule has 0 aliphatic heterocycles. The van der Waals surface area contributed by atoms with Gasteiger partial charge in [0.05, 0.1) is 12.0 Å². The molecule has 0 atom stereocenters. The zero-order valence-electron chi connectivity index (χ0n) is 12.8. The summed E-state index contributed by atoms with van der Waals surface area (Å²) in [4.78, 5) is 10.2. The zero-order chi connectivity index (χ0) is 16.7. The smallest absolute Gasteiger partial charge is 0.269 e. The molecule has 6 nitrogen and oxygen atoms in total. The highest BCUT2D eigenvalue weighted by Crippen LogP contribution is 2.28. The average Bonchev–Trinajstić information content (AvgIpc) is 2.58. The number of hydrogen-bond acceptors (Lipinski definition) is 5. The van der Waals surface area contributed by atoms with Crippen LogP contribution in [0.25, 0.3) is 0 Å². The first-order valence-electron chi connectivity index (χ1n) is 7.03. The molecule has 2 aromatic carbocycles. The molecule has 0 aromatic heterocycles. The van der Waals surface area contributed by atoms with Crippen molar-refractivity contribution < 1.29 is 14.4 Å². The molecule has 0 radical (unpaired) electrons. The topological polar surface area (TPSA) is 73.6 Å². The van der Waals surface area contributed by atoms with E-state index >= 15 is 0 Å². The number of rotatable bonds is 8. The van der Waals surface area contributed by atoms with E-state index in [1.54, 1.807) is 25.3 Å². The van der Waals surface area contributed by atoms with Gasteiger partial charge < -0.3 is 14.8 Å². The molecule has 0 fully saturated rings. The molecule has 1 N–H and O–H groups in total. The van der Waals surface area contributed by atoms with E-state index in [1.807, 2.05) is 18.2 Å². The van der Waals surface area contributed by atoms with Gasteiger partial charge in [-0.2, -0.15) is 0 Å². The minimum absolute atomic E-state index is 0.0703. The molecular formula is C17H18N2O4. The lowest BCUT2D eigenvalue weighted by Gasteiger charge is -2.12. The van der Waals surface area contributed by atoms with Gasteiger partial charge in [0.1, 0.15) is 6.61 Å². The number of ether oxygens (including phenoxy) is 2. The molecule has 120 valence electrons. The highest BCUT2D eigenvalue weighted by molar-refractivity contribution is 5.50. The van der Waals surface area contributed by atoms with Crippen LogP contribution in [0.1, 0.15) is 5.56 Å². The van der Waals surface area contributed by atoms with Gasteiger partial charge in [0, 0.05) is 24.4 Å². The minimum atomic E-state index is -0.420. The Morgan fingerprint density at radius 3 is 2.57 bits per heavy atom. The Morgan fingerprint density at radius 2 is 1.96 bits per heavy atom. The summed E-state index contributed by atoms with van der Waals surface area (Å²) in [5.41, 5.74) is 1.88. The van der Waals surface area contributed by atoms with Gasteiger partial charge in [0.25, 0.3) is 5.69 Å². The predicted molar refractivity (Wildman–Crippen MR) is 89.1 cm³/mol. The van der Waals surface area contributed by atoms with Crippen molar-refractivity contribution in [1.29, 1.82) is 0 Å². The van der Waals surface area contributed by atoms with E-state index in [2.05, 4.69) is 11.9 Å². The van der Waals surface area contributed by atoms with Crippen molar-refractivity contribution >= 4 is 11.4 Å². The number of nitro groups is 1. The maximum absolute atomic E-state index is 10.6. The third-order valence-corrected chi connectivity index (χ3v) is 3.16. The fraction of sp³-hybridized carbons (Fsp3) is 0.176. The van der Waals surface area contributed by atoms with Crippen LogP contribution in [0.2, 0.25) is 0 Å². The molecule has 0 aliphatic carbocycles.